The summed E-state index contributed by atoms with van der Waals surface area (Å²) in [6.07, 6.45) is -4.31. The van der Waals surface area contributed by atoms with Crippen LogP contribution in [0.25, 0.3) is 0 Å². The summed E-state index contributed by atoms with van der Waals surface area (Å²) in [5, 5.41) is 12.0. The van der Waals surface area contributed by atoms with E-state index in [2.05, 4.69) is 5.32 Å². The predicted octanol–water partition coefficient (Wildman–Crippen LogP) is 1.28. The standard InChI is InChI=1S/C12H15F3N2O3/c1-3-11(2,20)6-16-9(18)7-4-5-8(12(13,14)15)17-10(7)19/h4-5,20H,3,6H2,1-2H3,(H,16,18)(H,17,19). The minimum atomic E-state index is -4.68. The van der Waals surface area contributed by atoms with Gasteiger partial charge >= 0.3 is 6.18 Å². The highest BCUT2D eigenvalue weighted by atomic mass is 19.4. The number of rotatable bonds is 4. The Labute approximate surface area is 112 Å². The topological polar surface area (TPSA) is 82.2 Å². The number of H-pyrrole nitrogens is 1. The van der Waals surface area contributed by atoms with Crippen molar-refractivity contribution in [2.75, 3.05) is 6.54 Å². The molecular formula is C12H15F3N2O3. The van der Waals surface area contributed by atoms with Gasteiger partial charge in [-0.05, 0) is 25.5 Å². The van der Waals surface area contributed by atoms with Gasteiger partial charge in [0.25, 0.3) is 11.5 Å². The van der Waals surface area contributed by atoms with E-state index in [1.807, 2.05) is 0 Å². The quantitative estimate of drug-likeness (QED) is 0.782. The van der Waals surface area contributed by atoms with E-state index in [1.165, 1.54) is 6.92 Å². The van der Waals surface area contributed by atoms with Crippen LogP contribution in [0.3, 0.4) is 0 Å². The maximum absolute atomic E-state index is 12.3. The van der Waals surface area contributed by atoms with E-state index in [0.29, 0.717) is 12.5 Å². The van der Waals surface area contributed by atoms with E-state index in [-0.39, 0.29) is 6.54 Å². The van der Waals surface area contributed by atoms with Gasteiger partial charge in [0.2, 0.25) is 0 Å². The van der Waals surface area contributed by atoms with E-state index in [0.717, 1.165) is 6.07 Å². The summed E-state index contributed by atoms with van der Waals surface area (Å²) in [5.41, 5.74) is -3.94. The van der Waals surface area contributed by atoms with Crippen molar-refractivity contribution < 1.29 is 23.1 Å². The van der Waals surface area contributed by atoms with Gasteiger partial charge in [0, 0.05) is 6.54 Å². The summed E-state index contributed by atoms with van der Waals surface area (Å²) in [7, 11) is 0. The minimum absolute atomic E-state index is 0.108. The third kappa shape index (κ3) is 4.09. The summed E-state index contributed by atoms with van der Waals surface area (Å²) in [4.78, 5) is 24.7. The molecule has 0 saturated carbocycles. The molecule has 0 aliphatic rings. The van der Waals surface area contributed by atoms with Crippen molar-refractivity contribution in [2.45, 2.75) is 32.0 Å². The van der Waals surface area contributed by atoms with Gasteiger partial charge in [0.1, 0.15) is 11.3 Å². The molecule has 1 heterocycles. The molecule has 112 valence electrons. The lowest BCUT2D eigenvalue weighted by Crippen LogP contribution is -2.41. The summed E-state index contributed by atoms with van der Waals surface area (Å²) in [6, 6.07) is 1.42. The van der Waals surface area contributed by atoms with Crippen molar-refractivity contribution in [3.05, 3.63) is 33.7 Å². The van der Waals surface area contributed by atoms with Crippen LogP contribution in [-0.4, -0.2) is 28.1 Å². The average molecular weight is 292 g/mol. The van der Waals surface area contributed by atoms with Gasteiger partial charge in [-0.1, -0.05) is 6.92 Å². The van der Waals surface area contributed by atoms with Gasteiger partial charge in [0.05, 0.1) is 5.60 Å². The number of carbonyl (C=O) groups excluding carboxylic acids is 1. The fraction of sp³-hybridized carbons (Fsp3) is 0.500. The second-order valence-electron chi connectivity index (χ2n) is 4.65. The zero-order valence-corrected chi connectivity index (χ0v) is 11.0. The van der Waals surface area contributed by atoms with Crippen LogP contribution in [0, 0.1) is 0 Å². The number of carbonyl (C=O) groups is 1. The van der Waals surface area contributed by atoms with Crippen LogP contribution in [0.4, 0.5) is 13.2 Å². The average Bonchev–Trinajstić information content (AvgIpc) is 2.35. The van der Waals surface area contributed by atoms with Crippen LogP contribution in [0.15, 0.2) is 16.9 Å². The summed E-state index contributed by atoms with van der Waals surface area (Å²) in [5.74, 6) is -0.839. The van der Waals surface area contributed by atoms with Gasteiger partial charge < -0.3 is 15.4 Å². The Morgan fingerprint density at radius 2 is 2.00 bits per heavy atom. The molecule has 0 saturated heterocycles. The zero-order valence-electron chi connectivity index (χ0n) is 11.0. The highest BCUT2D eigenvalue weighted by molar-refractivity contribution is 5.93. The smallest absolute Gasteiger partial charge is 0.388 e. The number of aliphatic hydroxyl groups is 1. The van der Waals surface area contributed by atoms with Crippen LogP contribution in [0.5, 0.6) is 0 Å². The molecule has 3 N–H and O–H groups in total. The first-order valence-corrected chi connectivity index (χ1v) is 5.88. The Morgan fingerprint density at radius 1 is 1.40 bits per heavy atom. The molecule has 1 atom stereocenters. The number of aromatic nitrogens is 1. The lowest BCUT2D eigenvalue weighted by Gasteiger charge is -2.21. The molecule has 5 nitrogen and oxygen atoms in total. The number of hydrogen-bond acceptors (Lipinski definition) is 3. The Bertz CT molecular complexity index is 550. The lowest BCUT2D eigenvalue weighted by molar-refractivity contribution is -0.141. The predicted molar refractivity (Wildman–Crippen MR) is 65.3 cm³/mol. The first-order chi connectivity index (χ1) is 9.07. The maximum atomic E-state index is 12.3. The van der Waals surface area contributed by atoms with Crippen LogP contribution >= 0.6 is 0 Å². The zero-order chi connectivity index (χ0) is 15.6. The fourth-order valence-corrected chi connectivity index (χ4v) is 1.31. The molecule has 8 heteroatoms. The van der Waals surface area contributed by atoms with E-state index < -0.39 is 34.5 Å². The normalized spacial score (nSPS) is 14.7. The molecule has 0 bridgehead atoms. The van der Waals surface area contributed by atoms with Gasteiger partial charge in [-0.3, -0.25) is 9.59 Å². The van der Waals surface area contributed by atoms with E-state index in [4.69, 9.17) is 0 Å². The molecule has 0 aliphatic heterocycles. The number of hydrogen-bond donors (Lipinski definition) is 3. The number of alkyl halides is 3. The van der Waals surface area contributed by atoms with Gasteiger partial charge in [-0.25, -0.2) is 0 Å². The highest BCUT2D eigenvalue weighted by Gasteiger charge is 2.32. The van der Waals surface area contributed by atoms with Crippen LogP contribution in [0.2, 0.25) is 0 Å². The third-order valence-corrected chi connectivity index (χ3v) is 2.85. The van der Waals surface area contributed by atoms with Gasteiger partial charge in [0.15, 0.2) is 0 Å². The molecule has 1 amide bonds. The molecule has 1 rings (SSSR count). The Morgan fingerprint density at radius 3 is 2.45 bits per heavy atom. The second kappa shape index (κ2) is 5.66. The molecule has 0 aromatic carbocycles. The van der Waals surface area contributed by atoms with Crippen molar-refractivity contribution in [3.8, 4) is 0 Å². The Hall–Kier alpha value is -1.83. The molecular weight excluding hydrogens is 277 g/mol. The third-order valence-electron chi connectivity index (χ3n) is 2.85. The molecule has 1 unspecified atom stereocenters. The summed E-state index contributed by atoms with van der Waals surface area (Å²) < 4.78 is 37.0. The fourth-order valence-electron chi connectivity index (χ4n) is 1.31. The van der Waals surface area contributed by atoms with Gasteiger partial charge in [-0.2, -0.15) is 13.2 Å². The van der Waals surface area contributed by atoms with Gasteiger partial charge in [-0.15, -0.1) is 0 Å². The van der Waals surface area contributed by atoms with Crippen molar-refractivity contribution in [1.82, 2.24) is 10.3 Å². The first-order valence-electron chi connectivity index (χ1n) is 5.88. The SMILES string of the molecule is CCC(C)(O)CNC(=O)c1ccc(C(F)(F)F)[nH]c1=O. The number of nitrogens with one attached hydrogen (secondary N) is 2. The number of aromatic amines is 1. The molecule has 0 spiro atoms. The molecule has 1 aromatic rings. The number of pyridine rings is 1. The summed E-state index contributed by atoms with van der Waals surface area (Å²) in [6.45, 7) is 3.09. The van der Waals surface area contributed by atoms with Crippen molar-refractivity contribution in [1.29, 1.82) is 0 Å². The largest absolute Gasteiger partial charge is 0.431 e. The number of amides is 1. The second-order valence-corrected chi connectivity index (χ2v) is 4.65. The van der Waals surface area contributed by atoms with Crippen LogP contribution in [-0.2, 0) is 6.18 Å². The Balaban J connectivity index is 2.88. The lowest BCUT2D eigenvalue weighted by atomic mass is 10.0. The monoisotopic (exact) mass is 292 g/mol. The van der Waals surface area contributed by atoms with Crippen molar-refractivity contribution in [3.63, 3.8) is 0 Å². The first kappa shape index (κ1) is 16.2. The molecule has 0 radical (unpaired) electrons. The molecule has 1 aromatic heterocycles. The summed E-state index contributed by atoms with van der Waals surface area (Å²) >= 11 is 0. The van der Waals surface area contributed by atoms with Crippen LogP contribution < -0.4 is 10.9 Å². The van der Waals surface area contributed by atoms with Crippen molar-refractivity contribution >= 4 is 5.91 Å². The Kier molecular flexibility index (Phi) is 4.59. The molecule has 20 heavy (non-hydrogen) atoms. The maximum Gasteiger partial charge on any atom is 0.431 e. The van der Waals surface area contributed by atoms with E-state index in [1.54, 1.807) is 11.9 Å². The van der Waals surface area contributed by atoms with E-state index >= 15 is 0 Å². The van der Waals surface area contributed by atoms with E-state index in [9.17, 15) is 27.9 Å². The minimum Gasteiger partial charge on any atom is -0.388 e. The number of halogens is 3. The van der Waals surface area contributed by atoms with Crippen LogP contribution in [0.1, 0.15) is 36.3 Å². The van der Waals surface area contributed by atoms with Crippen molar-refractivity contribution in [2.24, 2.45) is 0 Å². The highest BCUT2D eigenvalue weighted by Crippen LogP contribution is 2.26. The molecule has 0 aliphatic carbocycles. The molecule has 0 fully saturated rings.